The van der Waals surface area contributed by atoms with Gasteiger partial charge in [0.15, 0.2) is 5.82 Å². The van der Waals surface area contributed by atoms with Crippen molar-refractivity contribution in [2.24, 2.45) is 0 Å². The van der Waals surface area contributed by atoms with Crippen molar-refractivity contribution in [1.82, 2.24) is 0 Å². The van der Waals surface area contributed by atoms with Gasteiger partial charge in [-0.2, -0.15) is 0 Å². The lowest BCUT2D eigenvalue weighted by atomic mass is 10.2. The molecule has 0 aliphatic rings. The summed E-state index contributed by atoms with van der Waals surface area (Å²) in [6.45, 7) is 0. The normalized spacial score (nSPS) is 10.1. The van der Waals surface area contributed by atoms with E-state index < -0.39 is 11.7 Å². The fourth-order valence-corrected chi connectivity index (χ4v) is 1.64. The largest absolute Gasteiger partial charge is 0.508 e. The SMILES string of the molecule is O=C(Nc1cccc(O)c1)c1cccc(Cl)c1F. The molecule has 0 heterocycles. The maximum atomic E-state index is 13.6. The highest BCUT2D eigenvalue weighted by Gasteiger charge is 2.14. The number of amides is 1. The molecule has 18 heavy (non-hydrogen) atoms. The fraction of sp³-hybridized carbons (Fsp3) is 0. The Morgan fingerprint density at radius 1 is 1.22 bits per heavy atom. The van der Waals surface area contributed by atoms with Crippen molar-refractivity contribution in [1.29, 1.82) is 0 Å². The lowest BCUT2D eigenvalue weighted by Gasteiger charge is -2.07. The van der Waals surface area contributed by atoms with E-state index in [2.05, 4.69) is 5.32 Å². The number of hydrogen-bond acceptors (Lipinski definition) is 2. The summed E-state index contributed by atoms with van der Waals surface area (Å²) in [4.78, 5) is 11.8. The molecule has 0 spiro atoms. The van der Waals surface area contributed by atoms with Gasteiger partial charge in [0.1, 0.15) is 5.75 Å². The van der Waals surface area contributed by atoms with Gasteiger partial charge in [-0.3, -0.25) is 4.79 Å². The van der Waals surface area contributed by atoms with Crippen molar-refractivity contribution in [2.75, 3.05) is 5.32 Å². The third-order valence-electron chi connectivity index (χ3n) is 2.30. The average Bonchev–Trinajstić information content (AvgIpc) is 2.32. The Morgan fingerprint density at radius 3 is 2.67 bits per heavy atom. The smallest absolute Gasteiger partial charge is 0.258 e. The molecule has 2 N–H and O–H groups in total. The van der Waals surface area contributed by atoms with Crippen LogP contribution < -0.4 is 5.32 Å². The molecule has 3 nitrogen and oxygen atoms in total. The van der Waals surface area contributed by atoms with Crippen molar-refractivity contribution in [3.63, 3.8) is 0 Å². The van der Waals surface area contributed by atoms with E-state index in [1.54, 1.807) is 12.1 Å². The van der Waals surface area contributed by atoms with Gasteiger partial charge in [-0.15, -0.1) is 0 Å². The standard InChI is InChI=1S/C13H9ClFNO2/c14-11-6-2-5-10(12(11)15)13(18)16-8-3-1-4-9(17)7-8/h1-7,17H,(H,16,18). The van der Waals surface area contributed by atoms with Crippen molar-refractivity contribution in [3.05, 3.63) is 58.9 Å². The van der Waals surface area contributed by atoms with E-state index in [4.69, 9.17) is 11.6 Å². The Labute approximate surface area is 108 Å². The molecular weight excluding hydrogens is 257 g/mol. The molecule has 0 fully saturated rings. The second-order valence-corrected chi connectivity index (χ2v) is 4.01. The van der Waals surface area contributed by atoms with Crippen LogP contribution in [0.3, 0.4) is 0 Å². The first-order valence-corrected chi connectivity index (χ1v) is 5.50. The molecule has 0 unspecified atom stereocenters. The Kier molecular flexibility index (Phi) is 3.48. The molecule has 0 aliphatic heterocycles. The monoisotopic (exact) mass is 265 g/mol. The van der Waals surface area contributed by atoms with Crippen LogP contribution >= 0.6 is 11.6 Å². The molecule has 2 aromatic carbocycles. The summed E-state index contributed by atoms with van der Waals surface area (Å²) in [5.41, 5.74) is 0.227. The molecule has 0 radical (unpaired) electrons. The van der Waals surface area contributed by atoms with Crippen molar-refractivity contribution < 1.29 is 14.3 Å². The quantitative estimate of drug-likeness (QED) is 0.874. The highest BCUT2D eigenvalue weighted by atomic mass is 35.5. The highest BCUT2D eigenvalue weighted by molar-refractivity contribution is 6.31. The summed E-state index contributed by atoms with van der Waals surface area (Å²) in [6, 6.07) is 10.2. The van der Waals surface area contributed by atoms with Gasteiger partial charge in [0.2, 0.25) is 0 Å². The topological polar surface area (TPSA) is 49.3 Å². The molecule has 0 aromatic heterocycles. The lowest BCUT2D eigenvalue weighted by molar-refractivity contribution is 0.102. The Bertz CT molecular complexity index is 601. The molecular formula is C13H9ClFNO2. The van der Waals surface area contributed by atoms with Gasteiger partial charge in [-0.25, -0.2) is 4.39 Å². The van der Waals surface area contributed by atoms with Crippen LogP contribution in [0.15, 0.2) is 42.5 Å². The van der Waals surface area contributed by atoms with E-state index in [9.17, 15) is 14.3 Å². The molecule has 2 aromatic rings. The van der Waals surface area contributed by atoms with E-state index in [0.717, 1.165) is 0 Å². The van der Waals surface area contributed by atoms with Gasteiger partial charge in [-0.05, 0) is 24.3 Å². The van der Waals surface area contributed by atoms with Gasteiger partial charge < -0.3 is 10.4 Å². The van der Waals surface area contributed by atoms with Crippen molar-refractivity contribution in [2.45, 2.75) is 0 Å². The lowest BCUT2D eigenvalue weighted by Crippen LogP contribution is -2.13. The van der Waals surface area contributed by atoms with Crippen molar-refractivity contribution in [3.8, 4) is 5.75 Å². The second-order valence-electron chi connectivity index (χ2n) is 3.61. The van der Waals surface area contributed by atoms with Gasteiger partial charge in [-0.1, -0.05) is 23.7 Å². The first-order chi connectivity index (χ1) is 8.58. The Morgan fingerprint density at radius 2 is 1.94 bits per heavy atom. The number of rotatable bonds is 2. The third kappa shape index (κ3) is 2.60. The van der Waals surface area contributed by atoms with Crippen LogP contribution in [0.2, 0.25) is 5.02 Å². The molecule has 2 rings (SSSR count). The van der Waals surface area contributed by atoms with Crippen LogP contribution in [0.4, 0.5) is 10.1 Å². The summed E-state index contributed by atoms with van der Waals surface area (Å²) < 4.78 is 13.6. The van der Waals surface area contributed by atoms with E-state index in [1.165, 1.54) is 30.3 Å². The van der Waals surface area contributed by atoms with Crippen LogP contribution in [0.1, 0.15) is 10.4 Å². The Balaban J connectivity index is 2.25. The maximum absolute atomic E-state index is 13.6. The van der Waals surface area contributed by atoms with Crippen LogP contribution in [0.25, 0.3) is 0 Å². The maximum Gasteiger partial charge on any atom is 0.258 e. The fourth-order valence-electron chi connectivity index (χ4n) is 1.46. The molecule has 5 heteroatoms. The van der Waals surface area contributed by atoms with Crippen molar-refractivity contribution >= 4 is 23.2 Å². The predicted octanol–water partition coefficient (Wildman–Crippen LogP) is 3.44. The number of phenolic OH excluding ortho intramolecular Hbond substituents is 1. The molecule has 0 aliphatic carbocycles. The number of aromatic hydroxyl groups is 1. The van der Waals surface area contributed by atoms with E-state index in [0.29, 0.717) is 5.69 Å². The summed E-state index contributed by atoms with van der Waals surface area (Å²) in [5.74, 6) is -1.38. The zero-order valence-corrected chi connectivity index (χ0v) is 9.91. The minimum atomic E-state index is -0.767. The number of hydrogen-bond donors (Lipinski definition) is 2. The highest BCUT2D eigenvalue weighted by Crippen LogP contribution is 2.20. The number of carbonyl (C=O) groups is 1. The predicted molar refractivity (Wildman–Crippen MR) is 67.5 cm³/mol. The minimum absolute atomic E-state index is 0.0133. The van der Waals surface area contributed by atoms with Gasteiger partial charge in [0.25, 0.3) is 5.91 Å². The van der Waals surface area contributed by atoms with Crippen LogP contribution in [0.5, 0.6) is 5.75 Å². The van der Waals surface area contributed by atoms with Gasteiger partial charge in [0.05, 0.1) is 10.6 Å². The summed E-state index contributed by atoms with van der Waals surface area (Å²) >= 11 is 5.59. The third-order valence-corrected chi connectivity index (χ3v) is 2.59. The summed E-state index contributed by atoms with van der Waals surface area (Å²) in [5, 5.41) is 11.6. The molecule has 0 bridgehead atoms. The molecule has 92 valence electrons. The number of nitrogens with one attached hydrogen (secondary N) is 1. The zero-order valence-electron chi connectivity index (χ0n) is 9.15. The summed E-state index contributed by atoms with van der Waals surface area (Å²) in [6.07, 6.45) is 0. The van der Waals surface area contributed by atoms with Gasteiger partial charge in [0, 0.05) is 11.8 Å². The van der Waals surface area contributed by atoms with E-state index in [1.807, 2.05) is 0 Å². The number of phenols is 1. The summed E-state index contributed by atoms with van der Waals surface area (Å²) in [7, 11) is 0. The van der Waals surface area contributed by atoms with E-state index >= 15 is 0 Å². The molecule has 0 saturated carbocycles. The molecule has 1 amide bonds. The number of anilines is 1. The van der Waals surface area contributed by atoms with Crippen LogP contribution in [-0.2, 0) is 0 Å². The first kappa shape index (κ1) is 12.4. The second kappa shape index (κ2) is 5.06. The number of halogens is 2. The minimum Gasteiger partial charge on any atom is -0.508 e. The number of benzene rings is 2. The number of carbonyl (C=O) groups excluding carboxylic acids is 1. The van der Waals surface area contributed by atoms with E-state index in [-0.39, 0.29) is 16.3 Å². The molecule has 0 atom stereocenters. The Hall–Kier alpha value is -2.07. The molecule has 0 saturated heterocycles. The van der Waals surface area contributed by atoms with Crippen LogP contribution in [-0.4, -0.2) is 11.0 Å². The van der Waals surface area contributed by atoms with Crippen LogP contribution in [0, 0.1) is 5.82 Å². The van der Waals surface area contributed by atoms with Gasteiger partial charge >= 0.3 is 0 Å². The average molecular weight is 266 g/mol. The zero-order chi connectivity index (χ0) is 13.1. The first-order valence-electron chi connectivity index (χ1n) is 5.12.